The Morgan fingerprint density at radius 1 is 0.362 bits per heavy atom. The number of phenolic OH excluding ortho intramolecular Hbond substituents is 1. The summed E-state index contributed by atoms with van der Waals surface area (Å²) >= 11 is 0. The summed E-state index contributed by atoms with van der Waals surface area (Å²) < 4.78 is 2.70. The second-order valence-corrected chi connectivity index (χ2v) is 26.5. The Morgan fingerprint density at radius 3 is 0.867 bits per heavy atom. The highest BCUT2D eigenvalue weighted by Gasteiger charge is 2.28. The van der Waals surface area contributed by atoms with Gasteiger partial charge in [-0.2, -0.15) is 0 Å². The Bertz CT molecular complexity index is 3250. The number of carboxylic acids is 9. The van der Waals surface area contributed by atoms with Crippen molar-refractivity contribution in [3.63, 3.8) is 0 Å². The van der Waals surface area contributed by atoms with E-state index in [0.29, 0.717) is 5.56 Å². The van der Waals surface area contributed by atoms with E-state index in [2.05, 4.69) is 25.9 Å². The number of β-amino-alcohol motifs (C(OH)–C–C–N with tert-alkyl or cyclic N) is 3. The maximum Gasteiger partial charge on any atom is 0.317 e. The van der Waals surface area contributed by atoms with Crippen molar-refractivity contribution in [2.75, 3.05) is 242 Å². The summed E-state index contributed by atoms with van der Waals surface area (Å²) in [6.07, 6.45) is 0.908. The van der Waals surface area contributed by atoms with Crippen molar-refractivity contribution >= 4 is 59.4 Å². The summed E-state index contributed by atoms with van der Waals surface area (Å²) in [7, 11) is 0. The van der Waals surface area contributed by atoms with Crippen molar-refractivity contribution in [2.45, 2.75) is 31.4 Å². The van der Waals surface area contributed by atoms with Crippen molar-refractivity contribution in [2.24, 2.45) is 5.73 Å². The maximum atomic E-state index is 12.2. The first-order chi connectivity index (χ1) is 49.9. The minimum Gasteiger partial charge on any atom is -0.507 e. The van der Waals surface area contributed by atoms with E-state index in [1.807, 2.05) is 14.7 Å². The van der Waals surface area contributed by atoms with Crippen LogP contribution in [0.15, 0.2) is 30.7 Å². The normalized spacial score (nSPS) is 19.5. The summed E-state index contributed by atoms with van der Waals surface area (Å²) in [6.45, 7) is 1.47. The number of nitrogens with zero attached hydrogens (tertiary/aromatic N) is 18. The number of phenols is 1. The predicted molar refractivity (Wildman–Crippen MR) is 370 cm³/mol. The first kappa shape index (κ1) is 85.2. The molecule has 586 valence electrons. The van der Waals surface area contributed by atoms with E-state index in [4.69, 9.17) is 5.73 Å². The fourth-order valence-corrected chi connectivity index (χ4v) is 12.5. The predicted octanol–water partition coefficient (Wildman–Crippen LogP) is -7.74. The molecule has 42 heteroatoms. The van der Waals surface area contributed by atoms with E-state index in [0.717, 1.165) is 0 Å². The average molecular weight is 1490 g/mol. The number of carboxylic acid groups (broad SMARTS) is 9. The van der Waals surface area contributed by atoms with E-state index in [1.54, 1.807) is 44.1 Å². The number of hydrogen-bond acceptors (Lipinski definition) is 31. The average Bonchev–Trinajstić information content (AvgIpc) is 1.76. The molecule has 105 heavy (non-hydrogen) atoms. The van der Waals surface area contributed by atoms with Gasteiger partial charge in [0.25, 0.3) is 0 Å². The number of aliphatic hydroxyl groups excluding tert-OH is 3. The maximum absolute atomic E-state index is 12.2. The molecular weight excluding hydrogens is 1390 g/mol. The van der Waals surface area contributed by atoms with Crippen LogP contribution < -0.4 is 11.1 Å². The van der Waals surface area contributed by atoms with Crippen molar-refractivity contribution in [1.82, 2.24) is 94.1 Å². The van der Waals surface area contributed by atoms with E-state index >= 15 is 0 Å². The number of carbonyl (C=O) groups is 9. The quantitative estimate of drug-likeness (QED) is 0.0264. The van der Waals surface area contributed by atoms with E-state index in [1.165, 1.54) is 40.1 Å². The Morgan fingerprint density at radius 2 is 0.600 bits per heavy atom. The summed E-state index contributed by atoms with van der Waals surface area (Å²) in [5, 5.41) is 154. The summed E-state index contributed by atoms with van der Waals surface area (Å²) in [6, 6.07) is 3.04. The number of hydrogen-bond donors (Lipinski definition) is 15. The number of rotatable bonds is 34. The smallest absolute Gasteiger partial charge is 0.317 e. The van der Waals surface area contributed by atoms with Gasteiger partial charge in [-0.25, -0.2) is 9.36 Å². The molecule has 3 unspecified atom stereocenters. The van der Waals surface area contributed by atoms with Crippen LogP contribution in [0.5, 0.6) is 5.75 Å². The highest BCUT2D eigenvalue weighted by atomic mass is 16.4. The fourth-order valence-electron chi connectivity index (χ4n) is 12.5. The van der Waals surface area contributed by atoms with Gasteiger partial charge in [-0.05, 0) is 12.1 Å². The first-order valence-electron chi connectivity index (χ1n) is 34.5. The van der Waals surface area contributed by atoms with Crippen LogP contribution in [0.2, 0.25) is 0 Å². The zero-order valence-electron chi connectivity index (χ0n) is 58.8. The largest absolute Gasteiger partial charge is 0.507 e. The van der Waals surface area contributed by atoms with Gasteiger partial charge in [0.15, 0.2) is 0 Å². The van der Waals surface area contributed by atoms with Gasteiger partial charge in [0.05, 0.1) is 108 Å². The summed E-state index contributed by atoms with van der Waals surface area (Å²) in [5.41, 5.74) is 7.40. The lowest BCUT2D eigenvalue weighted by Crippen LogP contribution is -2.49. The SMILES string of the molecule is N/C(=C\NCC(O)CN1CCN(CC(=O)O)CCN(CC(=O)O)CCN(CC(=O)O)CC1)c1cc(-c2cn(CC(O)CN3CCN(CC(=O)O)CCN(CC(=O)O)CCN(CC(=O)O)CC3)nn2)cc(-c2cn(CC(O)CN3CCN(CC(=O)O)CCN(CC(=O)O)CCN(CC(=O)O)CC3)nn2)c1O. The molecule has 3 aliphatic heterocycles. The first-order valence-corrected chi connectivity index (χ1v) is 34.5. The van der Waals surface area contributed by atoms with Crippen LogP contribution in [-0.4, -0.2) is 469 Å². The zero-order chi connectivity index (χ0) is 76.7. The van der Waals surface area contributed by atoms with E-state index in [-0.39, 0.29) is 283 Å². The van der Waals surface area contributed by atoms with Crippen LogP contribution in [0.4, 0.5) is 0 Å². The van der Waals surface area contributed by atoms with Gasteiger partial charge in [0, 0.05) is 206 Å². The topological polar surface area (TPSA) is 555 Å². The van der Waals surface area contributed by atoms with Crippen molar-refractivity contribution in [3.05, 3.63) is 36.3 Å². The standard InChI is InChI=1S/C63H102N20O22/c64-51(28-65-27-46(84)29-70-1-7-73(36-54(87)88)13-19-79(42-60(99)100)20-14-74(8-2-70)37-55(89)90)49-25-45(52-34-82(68-66-52)32-47(85)30-71-3-9-75(38-56(91)92)15-21-80(43-61(101)102)22-16-76(10-4-71)39-57(93)94)26-50(63(49)105)53-35-83(69-67-53)33-48(86)31-72-5-11-77(40-58(95)96)17-23-81(44-62(103)104)24-18-78(12-6-72)41-59(97)98/h25-26,28,34-35,46-48,65,84-86,105H,1-24,27,29-33,36-44,64H2,(H,87,88)(H,89,90)(H,91,92)(H,93,94)(H,95,96)(H,97,98)(H,99,100)(H,101,102)(H,103,104)/b51-28-. The molecule has 3 fully saturated rings. The lowest BCUT2D eigenvalue weighted by atomic mass is 9.99. The molecule has 16 N–H and O–H groups in total. The molecule has 0 saturated carbocycles. The van der Waals surface area contributed by atoms with Crippen LogP contribution in [0.3, 0.4) is 0 Å². The molecule has 0 spiro atoms. The number of aromatic nitrogens is 6. The van der Waals surface area contributed by atoms with Gasteiger partial charge in [0.1, 0.15) is 17.1 Å². The molecule has 0 radical (unpaired) electrons. The highest BCUT2D eigenvalue weighted by Crippen LogP contribution is 2.38. The van der Waals surface area contributed by atoms with Crippen LogP contribution in [0.25, 0.3) is 28.2 Å². The van der Waals surface area contributed by atoms with Gasteiger partial charge in [-0.15, -0.1) is 10.2 Å². The van der Waals surface area contributed by atoms with Crippen LogP contribution >= 0.6 is 0 Å². The second-order valence-electron chi connectivity index (χ2n) is 26.5. The third-order valence-corrected chi connectivity index (χ3v) is 17.9. The number of nitrogens with one attached hydrogen (secondary N) is 1. The van der Waals surface area contributed by atoms with Crippen molar-refractivity contribution in [3.8, 4) is 28.3 Å². The van der Waals surface area contributed by atoms with Gasteiger partial charge < -0.3 is 77.4 Å². The zero-order valence-corrected chi connectivity index (χ0v) is 58.8. The van der Waals surface area contributed by atoms with Gasteiger partial charge in [-0.3, -0.25) is 102 Å². The molecule has 3 atom stereocenters. The molecule has 0 bridgehead atoms. The second kappa shape index (κ2) is 43.7. The van der Waals surface area contributed by atoms with E-state index < -0.39 is 77.8 Å². The Balaban J connectivity index is 1.26. The van der Waals surface area contributed by atoms with Crippen molar-refractivity contribution in [1.29, 1.82) is 0 Å². The molecule has 2 aromatic heterocycles. The Labute approximate surface area is 605 Å². The van der Waals surface area contributed by atoms with Crippen LogP contribution in [-0.2, 0) is 56.2 Å². The third-order valence-electron chi connectivity index (χ3n) is 17.9. The fraction of sp³-hybridized carbons (Fsp3) is 0.667. The van der Waals surface area contributed by atoms with Crippen molar-refractivity contribution < 1.29 is 110 Å². The van der Waals surface area contributed by atoms with Gasteiger partial charge in [0.2, 0.25) is 0 Å². The molecule has 3 aliphatic rings. The minimum atomic E-state index is -1.16. The van der Waals surface area contributed by atoms with Gasteiger partial charge >= 0.3 is 53.7 Å². The van der Waals surface area contributed by atoms with E-state index in [9.17, 15) is 110 Å². The number of aromatic hydroxyl groups is 1. The van der Waals surface area contributed by atoms with Gasteiger partial charge in [-0.1, -0.05) is 10.4 Å². The molecule has 5 heterocycles. The number of aliphatic hydroxyl groups is 3. The summed E-state index contributed by atoms with van der Waals surface area (Å²) in [4.78, 5) is 127. The lowest BCUT2D eigenvalue weighted by molar-refractivity contribution is -0.140. The third kappa shape index (κ3) is 32.7. The molecule has 42 nitrogen and oxygen atoms in total. The number of aliphatic carboxylic acids is 9. The number of benzene rings is 1. The molecule has 6 rings (SSSR count). The Kier molecular flexibility index (Phi) is 35.4. The van der Waals surface area contributed by atoms with Crippen LogP contribution in [0, 0.1) is 0 Å². The Hall–Kier alpha value is -8.73. The highest BCUT2D eigenvalue weighted by molar-refractivity contribution is 5.83. The summed E-state index contributed by atoms with van der Waals surface area (Å²) in [5.74, 6) is -10.3. The lowest BCUT2D eigenvalue weighted by Gasteiger charge is -2.33. The molecule has 3 aromatic rings. The number of nitrogens with two attached hydrogens (primary N) is 1. The van der Waals surface area contributed by atoms with Crippen LogP contribution in [0.1, 0.15) is 5.56 Å². The molecule has 0 aliphatic carbocycles. The monoisotopic (exact) mass is 1490 g/mol. The molecule has 0 amide bonds. The molecular formula is C63H102N20O22. The molecule has 3 saturated heterocycles. The molecule has 1 aromatic carbocycles. The minimum absolute atomic E-state index is 0.00283.